The molecule has 2 N–H and O–H groups in total. The van der Waals surface area contributed by atoms with E-state index in [1.165, 1.54) is 24.3 Å². The Hall–Kier alpha value is -5.64. The molecule has 8 nitrogen and oxygen atoms in total. The Morgan fingerprint density at radius 1 is 0.538 bits per heavy atom. The molecule has 0 spiro atoms. The molecule has 2 aliphatic rings. The Kier molecular flexibility index (Phi) is 10.2. The van der Waals surface area contributed by atoms with E-state index in [4.69, 9.17) is 9.97 Å². The molecule has 4 heterocycles. The zero-order valence-electron chi connectivity index (χ0n) is 28.5. The van der Waals surface area contributed by atoms with Crippen molar-refractivity contribution in [1.82, 2.24) is 19.9 Å². The van der Waals surface area contributed by atoms with Crippen LogP contribution in [-0.4, -0.2) is 42.1 Å². The third-order valence-corrected chi connectivity index (χ3v) is 10.4. The highest BCUT2D eigenvalue weighted by atomic mass is 19.1. The van der Waals surface area contributed by atoms with Crippen molar-refractivity contribution in [2.24, 2.45) is 11.8 Å². The summed E-state index contributed by atoms with van der Waals surface area (Å²) in [5.41, 5.74) is 6.14. The number of carbonyl (C=O) groups is 2. The molecule has 2 aliphatic carbocycles. The van der Waals surface area contributed by atoms with E-state index >= 15 is 0 Å². The number of carboxylic acid groups (broad SMARTS) is 2. The Morgan fingerprint density at radius 3 is 1.31 bits per heavy atom. The molecule has 0 amide bonds. The number of hydrogen-bond donors (Lipinski definition) is 2. The number of fused-ring (bicyclic) bond motifs is 2. The van der Waals surface area contributed by atoms with Gasteiger partial charge in [-0.2, -0.15) is 0 Å². The van der Waals surface area contributed by atoms with Crippen LogP contribution in [0.5, 0.6) is 0 Å². The van der Waals surface area contributed by atoms with Crippen LogP contribution in [0.2, 0.25) is 0 Å². The average molecular weight is 701 g/mol. The molecule has 2 saturated carbocycles. The number of rotatable bonds is 6. The summed E-state index contributed by atoms with van der Waals surface area (Å²) < 4.78 is 27.4. The van der Waals surface area contributed by atoms with E-state index in [-0.39, 0.29) is 35.3 Å². The van der Waals surface area contributed by atoms with Gasteiger partial charge in [0.15, 0.2) is 0 Å². The minimum absolute atomic E-state index is 0.225. The van der Waals surface area contributed by atoms with Gasteiger partial charge in [-0.3, -0.25) is 29.5 Å². The minimum atomic E-state index is -0.709. The molecular formula is C42H38F2N4O4. The third kappa shape index (κ3) is 7.66. The second-order valence-corrected chi connectivity index (χ2v) is 13.7. The zero-order valence-corrected chi connectivity index (χ0v) is 28.5. The summed E-state index contributed by atoms with van der Waals surface area (Å²) >= 11 is 0. The lowest BCUT2D eigenvalue weighted by molar-refractivity contribution is -0.143. The second kappa shape index (κ2) is 15.3. The number of aromatic nitrogens is 4. The van der Waals surface area contributed by atoms with E-state index in [0.29, 0.717) is 48.2 Å². The molecule has 0 atom stereocenters. The highest BCUT2D eigenvalue weighted by Gasteiger charge is 2.29. The van der Waals surface area contributed by atoms with Crippen molar-refractivity contribution < 1.29 is 28.6 Å². The van der Waals surface area contributed by atoms with Crippen molar-refractivity contribution in [2.45, 2.75) is 63.2 Å². The third-order valence-electron chi connectivity index (χ3n) is 10.4. The predicted molar refractivity (Wildman–Crippen MR) is 195 cm³/mol. The smallest absolute Gasteiger partial charge is 0.306 e. The molecule has 8 rings (SSSR count). The van der Waals surface area contributed by atoms with Crippen LogP contribution in [-0.2, 0) is 9.59 Å². The summed E-state index contributed by atoms with van der Waals surface area (Å²) in [7, 11) is 0. The largest absolute Gasteiger partial charge is 0.481 e. The van der Waals surface area contributed by atoms with E-state index in [1.54, 1.807) is 24.5 Å². The molecule has 10 heteroatoms. The maximum Gasteiger partial charge on any atom is 0.306 e. The summed E-state index contributed by atoms with van der Waals surface area (Å²) in [4.78, 5) is 40.9. The maximum atomic E-state index is 13.7. The molecule has 2 aromatic carbocycles. The van der Waals surface area contributed by atoms with Gasteiger partial charge in [0.05, 0.1) is 34.3 Å². The standard InChI is InChI=1S/2C21H19FN2O2/c2*22-17-5-1-3-15(11-17)20-19-16(4-2-10-23-19)12-18(24-20)13-6-8-14(9-7-13)21(25)26/h2*1-5,10-14H,6-9H2,(H,25,26). The number of pyridine rings is 4. The Morgan fingerprint density at radius 2 is 0.942 bits per heavy atom. The Balaban J connectivity index is 0.000000162. The molecule has 6 aromatic rings. The van der Waals surface area contributed by atoms with Crippen LogP contribution in [0, 0.1) is 23.5 Å². The highest BCUT2D eigenvalue weighted by molar-refractivity contribution is 5.92. The molecule has 0 unspecified atom stereocenters. The van der Waals surface area contributed by atoms with Gasteiger partial charge in [-0.05, 0) is 99.9 Å². The van der Waals surface area contributed by atoms with E-state index < -0.39 is 11.9 Å². The Bertz CT molecular complexity index is 2090. The number of carboxylic acids is 2. The molecule has 0 bridgehead atoms. The number of halogens is 2. The van der Waals surface area contributed by atoms with Gasteiger partial charge in [-0.1, -0.05) is 36.4 Å². The molecule has 0 saturated heterocycles. The first-order chi connectivity index (χ1) is 25.2. The number of benzene rings is 2. The van der Waals surface area contributed by atoms with Crippen molar-refractivity contribution in [3.05, 3.63) is 120 Å². The maximum absolute atomic E-state index is 13.7. The molecule has 0 aliphatic heterocycles. The van der Waals surface area contributed by atoms with Crippen LogP contribution in [0.25, 0.3) is 44.3 Å². The summed E-state index contributed by atoms with van der Waals surface area (Å²) in [5, 5.41) is 20.3. The number of hydrogen-bond acceptors (Lipinski definition) is 6. The van der Waals surface area contributed by atoms with Crippen LogP contribution >= 0.6 is 0 Å². The van der Waals surface area contributed by atoms with E-state index in [0.717, 1.165) is 58.9 Å². The van der Waals surface area contributed by atoms with Gasteiger partial charge in [0, 0.05) is 57.5 Å². The van der Waals surface area contributed by atoms with E-state index in [2.05, 4.69) is 9.97 Å². The van der Waals surface area contributed by atoms with Crippen LogP contribution in [0.15, 0.2) is 97.3 Å². The number of aliphatic carboxylic acids is 2. The van der Waals surface area contributed by atoms with Gasteiger partial charge in [0.2, 0.25) is 0 Å². The molecule has 4 aromatic heterocycles. The monoisotopic (exact) mass is 700 g/mol. The molecule has 264 valence electrons. The van der Waals surface area contributed by atoms with E-state index in [1.807, 2.05) is 48.5 Å². The fourth-order valence-corrected chi connectivity index (χ4v) is 7.58. The van der Waals surface area contributed by atoms with Crippen LogP contribution in [0.1, 0.15) is 74.6 Å². The van der Waals surface area contributed by atoms with Crippen molar-refractivity contribution in [3.63, 3.8) is 0 Å². The SMILES string of the molecule is O=C(O)C1CCC(c2cc3cccnc3c(-c3cccc(F)c3)n2)CC1.O=C(O)C1CCC(c2cc3cccnc3c(-c3cccc(F)c3)n2)CC1. The van der Waals surface area contributed by atoms with Gasteiger partial charge >= 0.3 is 11.9 Å². The summed E-state index contributed by atoms with van der Waals surface area (Å²) in [6, 6.07) is 24.6. The molecule has 2 fully saturated rings. The summed E-state index contributed by atoms with van der Waals surface area (Å²) in [6.07, 6.45) is 9.32. The highest BCUT2D eigenvalue weighted by Crippen LogP contribution is 2.39. The van der Waals surface area contributed by atoms with Crippen LogP contribution in [0.3, 0.4) is 0 Å². The van der Waals surface area contributed by atoms with Crippen LogP contribution in [0.4, 0.5) is 8.78 Å². The van der Waals surface area contributed by atoms with Crippen molar-refractivity contribution >= 4 is 33.7 Å². The molecular weight excluding hydrogens is 662 g/mol. The van der Waals surface area contributed by atoms with Gasteiger partial charge in [-0.15, -0.1) is 0 Å². The quantitative estimate of drug-likeness (QED) is 0.176. The Labute approximate surface area is 299 Å². The summed E-state index contributed by atoms with van der Waals surface area (Å²) in [6.45, 7) is 0. The van der Waals surface area contributed by atoms with Gasteiger partial charge in [-0.25, -0.2) is 8.78 Å². The molecule has 0 radical (unpaired) electrons. The lowest BCUT2D eigenvalue weighted by Crippen LogP contribution is -2.21. The second-order valence-electron chi connectivity index (χ2n) is 13.7. The van der Waals surface area contributed by atoms with Gasteiger partial charge < -0.3 is 10.2 Å². The lowest BCUT2D eigenvalue weighted by atomic mass is 9.80. The fourth-order valence-electron chi connectivity index (χ4n) is 7.58. The fraction of sp³-hybridized carbons (Fsp3) is 0.286. The topological polar surface area (TPSA) is 126 Å². The van der Waals surface area contributed by atoms with Crippen molar-refractivity contribution in [2.75, 3.05) is 0 Å². The van der Waals surface area contributed by atoms with Crippen LogP contribution < -0.4 is 0 Å². The van der Waals surface area contributed by atoms with Gasteiger partial charge in [0.1, 0.15) is 11.6 Å². The van der Waals surface area contributed by atoms with E-state index in [9.17, 15) is 28.6 Å². The lowest BCUT2D eigenvalue weighted by Gasteiger charge is -2.26. The molecule has 52 heavy (non-hydrogen) atoms. The first-order valence-electron chi connectivity index (χ1n) is 17.7. The average Bonchev–Trinajstić information content (AvgIpc) is 3.17. The normalized spacial score (nSPS) is 20.2. The first-order valence-corrected chi connectivity index (χ1v) is 17.7. The summed E-state index contributed by atoms with van der Waals surface area (Å²) in [5.74, 6) is -2.09. The first kappa shape index (κ1) is 34.8. The number of nitrogens with zero attached hydrogens (tertiary/aromatic N) is 4. The minimum Gasteiger partial charge on any atom is -0.481 e. The van der Waals surface area contributed by atoms with Gasteiger partial charge in [0.25, 0.3) is 0 Å². The van der Waals surface area contributed by atoms with Crippen molar-refractivity contribution in [3.8, 4) is 22.5 Å². The van der Waals surface area contributed by atoms with Crippen molar-refractivity contribution in [1.29, 1.82) is 0 Å². The zero-order chi connectivity index (χ0) is 36.2. The predicted octanol–water partition coefficient (Wildman–Crippen LogP) is 9.59.